The molecule has 2 aliphatic heterocycles. The van der Waals surface area contributed by atoms with Crippen molar-refractivity contribution in [1.82, 2.24) is 16.0 Å². The standard InChI is InChI=1S/C6H13N3/c1-2-8-6(1)5-7-3-4-9-6/h7-9H,1-5H2. The normalized spacial score (nSPS) is 42.7. The Hall–Kier alpha value is -0.120. The summed E-state index contributed by atoms with van der Waals surface area (Å²) in [6.45, 7) is 4.48. The summed E-state index contributed by atoms with van der Waals surface area (Å²) >= 11 is 0. The molecule has 9 heavy (non-hydrogen) atoms. The fourth-order valence-electron chi connectivity index (χ4n) is 1.48. The molecule has 2 rings (SSSR count). The summed E-state index contributed by atoms with van der Waals surface area (Å²) in [6, 6.07) is 0. The second-order valence-corrected chi connectivity index (χ2v) is 2.86. The van der Waals surface area contributed by atoms with Crippen LogP contribution in [0.25, 0.3) is 0 Å². The van der Waals surface area contributed by atoms with Crippen LogP contribution in [0.15, 0.2) is 0 Å². The molecule has 0 aromatic heterocycles. The van der Waals surface area contributed by atoms with E-state index in [-0.39, 0.29) is 5.66 Å². The van der Waals surface area contributed by atoms with Crippen LogP contribution in [0.5, 0.6) is 0 Å². The first-order valence-electron chi connectivity index (χ1n) is 3.62. The van der Waals surface area contributed by atoms with Gasteiger partial charge in [-0.15, -0.1) is 0 Å². The molecule has 2 saturated heterocycles. The molecule has 1 atom stereocenters. The molecule has 0 aliphatic carbocycles. The maximum Gasteiger partial charge on any atom is 0.0828 e. The van der Waals surface area contributed by atoms with Gasteiger partial charge < -0.3 is 5.32 Å². The zero-order valence-electron chi connectivity index (χ0n) is 5.54. The van der Waals surface area contributed by atoms with E-state index < -0.39 is 0 Å². The van der Waals surface area contributed by atoms with Gasteiger partial charge in [0.15, 0.2) is 0 Å². The third-order valence-corrected chi connectivity index (χ3v) is 2.21. The first kappa shape index (κ1) is 5.65. The number of nitrogens with one attached hydrogen (secondary N) is 3. The quantitative estimate of drug-likeness (QED) is 0.385. The summed E-state index contributed by atoms with van der Waals surface area (Å²) in [5, 5.41) is 10.2. The van der Waals surface area contributed by atoms with Gasteiger partial charge in [0, 0.05) is 19.6 Å². The molecule has 0 bridgehead atoms. The minimum Gasteiger partial charge on any atom is -0.312 e. The van der Waals surface area contributed by atoms with Gasteiger partial charge in [0.05, 0.1) is 5.66 Å². The van der Waals surface area contributed by atoms with E-state index in [1.807, 2.05) is 0 Å². The lowest BCUT2D eigenvalue weighted by molar-refractivity contribution is 0.131. The van der Waals surface area contributed by atoms with Gasteiger partial charge in [0.2, 0.25) is 0 Å². The van der Waals surface area contributed by atoms with E-state index in [1.165, 1.54) is 13.0 Å². The Bertz CT molecular complexity index is 101. The van der Waals surface area contributed by atoms with Gasteiger partial charge in [-0.1, -0.05) is 0 Å². The van der Waals surface area contributed by atoms with Gasteiger partial charge in [-0.2, -0.15) is 0 Å². The molecule has 0 aromatic carbocycles. The first-order chi connectivity index (χ1) is 4.41. The fraction of sp³-hybridized carbons (Fsp3) is 1.00. The molecule has 0 radical (unpaired) electrons. The maximum absolute atomic E-state index is 3.46. The predicted octanol–water partition coefficient (Wildman–Crippen LogP) is -1.13. The summed E-state index contributed by atoms with van der Waals surface area (Å²) in [7, 11) is 0. The van der Waals surface area contributed by atoms with Crippen LogP contribution in [0.1, 0.15) is 6.42 Å². The van der Waals surface area contributed by atoms with Gasteiger partial charge in [0.1, 0.15) is 0 Å². The minimum atomic E-state index is 0.290. The van der Waals surface area contributed by atoms with Crippen LogP contribution >= 0.6 is 0 Å². The number of hydrogen-bond donors (Lipinski definition) is 3. The highest BCUT2D eigenvalue weighted by Gasteiger charge is 2.36. The Morgan fingerprint density at radius 2 is 1.89 bits per heavy atom. The van der Waals surface area contributed by atoms with E-state index in [4.69, 9.17) is 0 Å². The maximum atomic E-state index is 3.46. The second-order valence-electron chi connectivity index (χ2n) is 2.86. The molecule has 2 fully saturated rings. The summed E-state index contributed by atoms with van der Waals surface area (Å²) < 4.78 is 0. The molecule has 2 heterocycles. The summed E-state index contributed by atoms with van der Waals surface area (Å²) in [6.07, 6.45) is 1.28. The second kappa shape index (κ2) is 1.94. The van der Waals surface area contributed by atoms with Crippen LogP contribution in [-0.2, 0) is 0 Å². The summed E-state index contributed by atoms with van der Waals surface area (Å²) in [5.41, 5.74) is 0.290. The van der Waals surface area contributed by atoms with E-state index in [1.54, 1.807) is 0 Å². The smallest absolute Gasteiger partial charge is 0.0828 e. The van der Waals surface area contributed by atoms with Gasteiger partial charge in [0.25, 0.3) is 0 Å². The minimum absolute atomic E-state index is 0.290. The predicted molar refractivity (Wildman–Crippen MR) is 36.2 cm³/mol. The Morgan fingerprint density at radius 1 is 1.00 bits per heavy atom. The zero-order chi connectivity index (χ0) is 6.16. The third-order valence-electron chi connectivity index (χ3n) is 2.21. The highest BCUT2D eigenvalue weighted by atomic mass is 15.3. The SMILES string of the molecule is C1CNC2(CCN2)CN1. The van der Waals surface area contributed by atoms with Crippen LogP contribution in [-0.4, -0.2) is 31.8 Å². The summed E-state index contributed by atoms with van der Waals surface area (Å²) in [4.78, 5) is 0. The highest BCUT2D eigenvalue weighted by molar-refractivity contribution is 4.98. The molecule has 2 aliphatic rings. The molecule has 1 spiro atoms. The van der Waals surface area contributed by atoms with Gasteiger partial charge in [-0.3, -0.25) is 10.6 Å². The van der Waals surface area contributed by atoms with E-state index >= 15 is 0 Å². The third kappa shape index (κ3) is 0.852. The molecule has 0 saturated carbocycles. The highest BCUT2D eigenvalue weighted by Crippen LogP contribution is 2.14. The van der Waals surface area contributed by atoms with Gasteiger partial charge in [-0.05, 0) is 13.0 Å². The van der Waals surface area contributed by atoms with Crippen LogP contribution in [0.2, 0.25) is 0 Å². The number of hydrogen-bond acceptors (Lipinski definition) is 3. The van der Waals surface area contributed by atoms with Crippen molar-refractivity contribution in [3.05, 3.63) is 0 Å². The fourth-order valence-corrected chi connectivity index (χ4v) is 1.48. The Morgan fingerprint density at radius 3 is 2.22 bits per heavy atom. The van der Waals surface area contributed by atoms with Crippen LogP contribution in [0.4, 0.5) is 0 Å². The molecule has 52 valence electrons. The molecule has 3 nitrogen and oxygen atoms in total. The molecular weight excluding hydrogens is 114 g/mol. The Balaban J connectivity index is 1.93. The summed E-state index contributed by atoms with van der Waals surface area (Å²) in [5.74, 6) is 0. The lowest BCUT2D eigenvalue weighted by Crippen LogP contribution is -2.73. The average Bonchev–Trinajstić information content (AvgIpc) is 1.87. The van der Waals surface area contributed by atoms with Crippen molar-refractivity contribution in [3.8, 4) is 0 Å². The molecule has 1 unspecified atom stereocenters. The van der Waals surface area contributed by atoms with E-state index in [2.05, 4.69) is 16.0 Å². The van der Waals surface area contributed by atoms with E-state index in [0.717, 1.165) is 19.6 Å². The van der Waals surface area contributed by atoms with Crippen molar-refractivity contribution in [1.29, 1.82) is 0 Å². The molecule has 0 amide bonds. The lowest BCUT2D eigenvalue weighted by Gasteiger charge is -2.46. The number of rotatable bonds is 0. The molecule has 0 aromatic rings. The average molecular weight is 127 g/mol. The van der Waals surface area contributed by atoms with Crippen LogP contribution in [0, 0.1) is 0 Å². The Labute approximate surface area is 55.2 Å². The number of piperazine rings is 1. The molecule has 3 heteroatoms. The molecular formula is C6H13N3. The van der Waals surface area contributed by atoms with Crippen molar-refractivity contribution in [2.24, 2.45) is 0 Å². The van der Waals surface area contributed by atoms with Crippen molar-refractivity contribution < 1.29 is 0 Å². The largest absolute Gasteiger partial charge is 0.312 e. The van der Waals surface area contributed by atoms with Crippen molar-refractivity contribution in [2.75, 3.05) is 26.2 Å². The van der Waals surface area contributed by atoms with Crippen molar-refractivity contribution >= 4 is 0 Å². The van der Waals surface area contributed by atoms with Crippen molar-refractivity contribution in [3.63, 3.8) is 0 Å². The van der Waals surface area contributed by atoms with Crippen LogP contribution < -0.4 is 16.0 Å². The zero-order valence-corrected chi connectivity index (χ0v) is 5.54. The topological polar surface area (TPSA) is 36.1 Å². The van der Waals surface area contributed by atoms with E-state index in [0.29, 0.717) is 0 Å². The first-order valence-corrected chi connectivity index (χ1v) is 3.62. The lowest BCUT2D eigenvalue weighted by atomic mass is 9.96. The van der Waals surface area contributed by atoms with E-state index in [9.17, 15) is 0 Å². The monoisotopic (exact) mass is 127 g/mol. The Kier molecular flexibility index (Phi) is 1.22. The van der Waals surface area contributed by atoms with Gasteiger partial charge in [-0.25, -0.2) is 0 Å². The molecule has 3 N–H and O–H groups in total. The van der Waals surface area contributed by atoms with Crippen molar-refractivity contribution in [2.45, 2.75) is 12.1 Å². The van der Waals surface area contributed by atoms with Gasteiger partial charge >= 0.3 is 0 Å². The van der Waals surface area contributed by atoms with Crippen LogP contribution in [0.3, 0.4) is 0 Å².